The van der Waals surface area contributed by atoms with E-state index in [1.807, 2.05) is 0 Å². The van der Waals surface area contributed by atoms with Gasteiger partial charge in [-0.05, 0) is 0 Å². The number of nitrogens with one attached hydrogen (secondary N) is 1. The number of methoxy groups -OCH3 is 2. The number of primary amides is 1. The summed E-state index contributed by atoms with van der Waals surface area (Å²) in [5.74, 6) is -0.125. The number of hydrogen-bond donors (Lipinski definition) is 2. The number of carbonyl (C=O) groups excluding carboxylic acids is 1. The number of aromatic nitrogens is 3. The van der Waals surface area contributed by atoms with Gasteiger partial charge in [0.05, 0.1) is 14.2 Å². The first-order chi connectivity index (χ1) is 9.15. The van der Waals surface area contributed by atoms with Gasteiger partial charge in [0.25, 0.3) is 0 Å². The highest BCUT2D eigenvalue weighted by Crippen LogP contribution is 2.18. The fourth-order valence-corrected chi connectivity index (χ4v) is 1.84. The van der Waals surface area contributed by atoms with E-state index in [1.54, 1.807) is 4.90 Å². The molecule has 0 spiro atoms. The number of piperazine rings is 1. The first kappa shape index (κ1) is 13.3. The van der Waals surface area contributed by atoms with Crippen molar-refractivity contribution in [1.82, 2.24) is 20.3 Å². The molecule has 9 heteroatoms. The molecule has 0 bridgehead atoms. The average Bonchev–Trinajstić information content (AvgIpc) is 2.46. The third kappa shape index (κ3) is 2.81. The zero-order valence-corrected chi connectivity index (χ0v) is 10.8. The topological polar surface area (TPSA) is 115 Å². The number of anilines is 1. The van der Waals surface area contributed by atoms with Crippen molar-refractivity contribution in [3.8, 4) is 12.0 Å². The minimum atomic E-state index is -0.509. The highest BCUT2D eigenvalue weighted by Gasteiger charge is 2.29. The lowest BCUT2D eigenvalue weighted by Gasteiger charge is -2.34. The summed E-state index contributed by atoms with van der Waals surface area (Å²) in [4.78, 5) is 25.3. The van der Waals surface area contributed by atoms with Crippen LogP contribution in [-0.4, -0.2) is 60.8 Å². The van der Waals surface area contributed by atoms with E-state index in [9.17, 15) is 4.79 Å². The quantitative estimate of drug-likeness (QED) is 0.654. The normalized spacial score (nSPS) is 19.1. The molecule has 1 aliphatic heterocycles. The second-order valence-corrected chi connectivity index (χ2v) is 3.92. The van der Waals surface area contributed by atoms with Gasteiger partial charge in [-0.1, -0.05) is 0 Å². The Hall–Kier alpha value is -2.16. The molecule has 1 unspecified atom stereocenters. The maximum atomic E-state index is 11.5. The zero-order valence-electron chi connectivity index (χ0n) is 10.8. The Bertz CT molecular complexity index is 446. The monoisotopic (exact) mass is 268 g/mol. The van der Waals surface area contributed by atoms with Crippen LogP contribution < -0.4 is 25.4 Å². The Morgan fingerprint density at radius 1 is 1.32 bits per heavy atom. The van der Waals surface area contributed by atoms with Crippen LogP contribution in [-0.2, 0) is 4.79 Å². The molecule has 0 saturated carbocycles. The molecule has 1 aromatic rings. The molecule has 1 saturated heterocycles. The van der Waals surface area contributed by atoms with E-state index in [1.165, 1.54) is 14.2 Å². The standard InChI is InChI=1S/C10H16N6O3/c1-18-9-13-8(14-10(15-9)19-2)16-4-3-12-5-6(16)7(11)17/h6,12H,3-5H2,1-2H3,(H2,11,17). The van der Waals surface area contributed by atoms with Gasteiger partial charge >= 0.3 is 12.0 Å². The van der Waals surface area contributed by atoms with Crippen molar-refractivity contribution in [2.75, 3.05) is 38.8 Å². The number of amides is 1. The minimum absolute atomic E-state index is 0.128. The van der Waals surface area contributed by atoms with Gasteiger partial charge in [0, 0.05) is 19.6 Å². The summed E-state index contributed by atoms with van der Waals surface area (Å²) in [7, 11) is 2.89. The van der Waals surface area contributed by atoms with E-state index in [0.717, 1.165) is 0 Å². The van der Waals surface area contributed by atoms with E-state index in [0.29, 0.717) is 25.6 Å². The molecule has 3 N–H and O–H groups in total. The lowest BCUT2D eigenvalue weighted by Crippen LogP contribution is -2.57. The maximum absolute atomic E-state index is 11.5. The summed E-state index contributed by atoms with van der Waals surface area (Å²) in [6, 6.07) is -0.252. The molecule has 104 valence electrons. The smallest absolute Gasteiger partial charge is 0.324 e. The van der Waals surface area contributed by atoms with Gasteiger partial charge in [0.2, 0.25) is 11.9 Å². The molecule has 1 atom stereocenters. The number of nitrogens with two attached hydrogens (primary N) is 1. The number of hydrogen-bond acceptors (Lipinski definition) is 8. The third-order valence-electron chi connectivity index (χ3n) is 2.78. The van der Waals surface area contributed by atoms with Crippen LogP contribution in [0, 0.1) is 0 Å². The summed E-state index contributed by atoms with van der Waals surface area (Å²) in [6.45, 7) is 1.72. The molecule has 1 aromatic heterocycles. The van der Waals surface area contributed by atoms with Crippen LogP contribution in [0.2, 0.25) is 0 Å². The van der Waals surface area contributed by atoms with Crippen molar-refractivity contribution in [2.45, 2.75) is 6.04 Å². The van der Waals surface area contributed by atoms with E-state index < -0.39 is 11.9 Å². The highest BCUT2D eigenvalue weighted by atomic mass is 16.5. The van der Waals surface area contributed by atoms with Crippen molar-refractivity contribution in [1.29, 1.82) is 0 Å². The van der Waals surface area contributed by atoms with Crippen LogP contribution in [0.5, 0.6) is 12.0 Å². The van der Waals surface area contributed by atoms with Crippen molar-refractivity contribution in [3.63, 3.8) is 0 Å². The summed E-state index contributed by atoms with van der Waals surface area (Å²) in [5, 5.41) is 3.10. The summed E-state index contributed by atoms with van der Waals surface area (Å²) in [5.41, 5.74) is 5.38. The highest BCUT2D eigenvalue weighted by molar-refractivity contribution is 5.83. The van der Waals surface area contributed by atoms with Crippen LogP contribution in [0.15, 0.2) is 0 Å². The number of nitrogens with zero attached hydrogens (tertiary/aromatic N) is 4. The zero-order chi connectivity index (χ0) is 13.8. The van der Waals surface area contributed by atoms with Gasteiger partial charge < -0.3 is 25.4 Å². The third-order valence-corrected chi connectivity index (χ3v) is 2.78. The Balaban J connectivity index is 2.35. The fourth-order valence-electron chi connectivity index (χ4n) is 1.84. The second kappa shape index (κ2) is 5.65. The van der Waals surface area contributed by atoms with Gasteiger partial charge in [-0.2, -0.15) is 9.97 Å². The second-order valence-electron chi connectivity index (χ2n) is 3.92. The van der Waals surface area contributed by atoms with E-state index in [4.69, 9.17) is 15.2 Å². The van der Waals surface area contributed by atoms with Crippen molar-refractivity contribution in [2.24, 2.45) is 5.73 Å². The molecule has 1 aliphatic rings. The Morgan fingerprint density at radius 3 is 2.47 bits per heavy atom. The number of rotatable bonds is 4. The number of ether oxygens (including phenoxy) is 2. The van der Waals surface area contributed by atoms with Crippen molar-refractivity contribution < 1.29 is 14.3 Å². The van der Waals surface area contributed by atoms with Gasteiger partial charge in [-0.25, -0.2) is 0 Å². The molecule has 1 fully saturated rings. The molecule has 0 radical (unpaired) electrons. The van der Waals surface area contributed by atoms with Crippen LogP contribution >= 0.6 is 0 Å². The van der Waals surface area contributed by atoms with E-state index >= 15 is 0 Å². The summed E-state index contributed by atoms with van der Waals surface area (Å²) in [6.07, 6.45) is 0. The predicted molar refractivity (Wildman–Crippen MR) is 66.1 cm³/mol. The first-order valence-corrected chi connectivity index (χ1v) is 5.76. The Labute approximate surface area is 110 Å². The van der Waals surface area contributed by atoms with Crippen LogP contribution in [0.1, 0.15) is 0 Å². The molecular formula is C10H16N6O3. The van der Waals surface area contributed by atoms with Crippen LogP contribution in [0.4, 0.5) is 5.95 Å². The Morgan fingerprint density at radius 2 is 1.95 bits per heavy atom. The molecule has 0 aliphatic carbocycles. The molecule has 19 heavy (non-hydrogen) atoms. The first-order valence-electron chi connectivity index (χ1n) is 5.76. The van der Waals surface area contributed by atoms with Gasteiger partial charge in [-0.3, -0.25) is 4.79 Å². The van der Waals surface area contributed by atoms with Crippen molar-refractivity contribution >= 4 is 11.9 Å². The van der Waals surface area contributed by atoms with Crippen LogP contribution in [0.3, 0.4) is 0 Å². The number of carbonyl (C=O) groups is 1. The Kier molecular flexibility index (Phi) is 3.95. The van der Waals surface area contributed by atoms with Gasteiger partial charge in [0.15, 0.2) is 0 Å². The van der Waals surface area contributed by atoms with Crippen LogP contribution in [0.25, 0.3) is 0 Å². The largest absolute Gasteiger partial charge is 0.467 e. The molecular weight excluding hydrogens is 252 g/mol. The summed E-state index contributed by atoms with van der Waals surface area (Å²) >= 11 is 0. The lowest BCUT2D eigenvalue weighted by molar-refractivity contribution is -0.119. The summed E-state index contributed by atoms with van der Waals surface area (Å²) < 4.78 is 9.97. The molecule has 2 heterocycles. The molecule has 0 aromatic carbocycles. The molecule has 1 amide bonds. The molecule has 2 rings (SSSR count). The van der Waals surface area contributed by atoms with E-state index in [-0.39, 0.29) is 12.0 Å². The fraction of sp³-hybridized carbons (Fsp3) is 0.600. The minimum Gasteiger partial charge on any atom is -0.467 e. The molecule has 9 nitrogen and oxygen atoms in total. The maximum Gasteiger partial charge on any atom is 0.324 e. The average molecular weight is 268 g/mol. The van der Waals surface area contributed by atoms with E-state index in [2.05, 4.69) is 20.3 Å². The van der Waals surface area contributed by atoms with Crippen molar-refractivity contribution in [3.05, 3.63) is 0 Å². The van der Waals surface area contributed by atoms with Gasteiger partial charge in [0.1, 0.15) is 6.04 Å². The predicted octanol–water partition coefficient (Wildman–Crippen LogP) is -1.85. The lowest BCUT2D eigenvalue weighted by atomic mass is 10.2. The van der Waals surface area contributed by atoms with Gasteiger partial charge in [-0.15, -0.1) is 4.98 Å². The SMILES string of the molecule is COc1nc(OC)nc(N2CCNCC2C(N)=O)n1.